The lowest BCUT2D eigenvalue weighted by atomic mass is 9.89. The second-order valence-electron chi connectivity index (χ2n) is 9.71. The second kappa shape index (κ2) is 11.0. The molecule has 0 saturated heterocycles. The van der Waals surface area contributed by atoms with Crippen LogP contribution in [-0.4, -0.2) is 36.6 Å². The Morgan fingerprint density at radius 3 is 2.28 bits per heavy atom. The Kier molecular flexibility index (Phi) is 8.02. The van der Waals surface area contributed by atoms with E-state index in [0.717, 1.165) is 22.9 Å². The van der Waals surface area contributed by atoms with Crippen LogP contribution in [0.2, 0.25) is 0 Å². The summed E-state index contributed by atoms with van der Waals surface area (Å²) in [6, 6.07) is 19.0. The predicted octanol–water partition coefficient (Wildman–Crippen LogP) is 5.91. The number of nitrogens with one attached hydrogen (secondary N) is 1. The third-order valence-corrected chi connectivity index (χ3v) is 8.56. The lowest BCUT2D eigenvalue weighted by molar-refractivity contribution is -0.195. The van der Waals surface area contributed by atoms with Crippen molar-refractivity contribution in [2.45, 2.75) is 37.6 Å². The zero-order chi connectivity index (χ0) is 28.4. The molecule has 4 rings (SSSR count). The first kappa shape index (κ1) is 28.5. The molecule has 3 atom stereocenters. The van der Waals surface area contributed by atoms with E-state index in [4.69, 9.17) is 4.74 Å². The monoisotopic (exact) mass is 559 g/mol. The van der Waals surface area contributed by atoms with Gasteiger partial charge in [-0.05, 0) is 45.5 Å². The Hall–Kier alpha value is -3.47. The average Bonchev–Trinajstić information content (AvgIpc) is 2.90. The van der Waals surface area contributed by atoms with Gasteiger partial charge in [0.25, 0.3) is 0 Å². The van der Waals surface area contributed by atoms with Crippen LogP contribution in [0, 0.1) is 11.8 Å². The number of allylic oxidation sites excluding steroid dienone is 2. The molecule has 0 fully saturated rings. The first-order valence-corrected chi connectivity index (χ1v) is 13.7. The van der Waals surface area contributed by atoms with Crippen molar-refractivity contribution in [1.29, 1.82) is 0 Å². The molecule has 0 aliphatic heterocycles. The highest BCUT2D eigenvalue weighted by molar-refractivity contribution is 7.91. The summed E-state index contributed by atoms with van der Waals surface area (Å²) in [6.07, 6.45) is -2.10. The molecule has 0 amide bonds. The van der Waals surface area contributed by atoms with E-state index in [1.54, 1.807) is 54.6 Å². The van der Waals surface area contributed by atoms with Gasteiger partial charge in [-0.25, -0.2) is 8.42 Å². The van der Waals surface area contributed by atoms with E-state index < -0.39 is 51.6 Å². The van der Waals surface area contributed by atoms with Crippen LogP contribution in [0.3, 0.4) is 0 Å². The van der Waals surface area contributed by atoms with Crippen LogP contribution >= 0.6 is 0 Å². The van der Waals surface area contributed by atoms with Crippen molar-refractivity contribution in [1.82, 2.24) is 4.72 Å². The minimum absolute atomic E-state index is 0.164. The number of carboxylic acids is 1. The lowest BCUT2D eigenvalue weighted by Gasteiger charge is -2.40. The van der Waals surface area contributed by atoms with Crippen LogP contribution in [-0.2, 0) is 26.2 Å². The summed E-state index contributed by atoms with van der Waals surface area (Å²) in [5.41, 5.74) is 1.08. The minimum Gasteiger partial charge on any atom is -0.480 e. The molecule has 0 saturated carbocycles. The van der Waals surface area contributed by atoms with E-state index in [0.29, 0.717) is 11.1 Å². The van der Waals surface area contributed by atoms with Gasteiger partial charge in [-0.1, -0.05) is 92.7 Å². The maximum absolute atomic E-state index is 14.7. The van der Waals surface area contributed by atoms with E-state index in [2.05, 4.69) is 0 Å². The summed E-state index contributed by atoms with van der Waals surface area (Å²) in [7, 11) is -5.09. The highest BCUT2D eigenvalue weighted by Gasteiger charge is 2.61. The largest absolute Gasteiger partial charge is 0.480 e. The SMILES string of the molecule is CC(C)C(NS(=O)(=O)C1(OCc2ccc3ccccc3c2)C=CC(c2ccccc2)=CC1C(F)(F)F)C(=O)O. The first-order valence-electron chi connectivity index (χ1n) is 12.2. The summed E-state index contributed by atoms with van der Waals surface area (Å²) < 4.78 is 79.3. The quantitative estimate of drug-likeness (QED) is 0.340. The molecule has 39 heavy (non-hydrogen) atoms. The number of sulfonamides is 1. The van der Waals surface area contributed by atoms with Gasteiger partial charge in [0.2, 0.25) is 15.0 Å². The summed E-state index contributed by atoms with van der Waals surface area (Å²) >= 11 is 0. The molecule has 10 heteroatoms. The normalized spacial score (nSPS) is 20.7. The summed E-state index contributed by atoms with van der Waals surface area (Å²) in [6.45, 7) is 2.43. The molecule has 206 valence electrons. The number of fused-ring (bicyclic) bond motifs is 1. The van der Waals surface area contributed by atoms with Crippen LogP contribution in [0.5, 0.6) is 0 Å². The van der Waals surface area contributed by atoms with Gasteiger partial charge in [0.1, 0.15) is 12.0 Å². The van der Waals surface area contributed by atoms with Gasteiger partial charge in [-0.15, -0.1) is 0 Å². The molecular formula is C29H28F3NO5S. The highest BCUT2D eigenvalue weighted by Crippen LogP contribution is 2.46. The van der Waals surface area contributed by atoms with Crippen molar-refractivity contribution in [3.63, 3.8) is 0 Å². The molecule has 0 aromatic heterocycles. The van der Waals surface area contributed by atoms with Crippen LogP contribution in [0.25, 0.3) is 16.3 Å². The van der Waals surface area contributed by atoms with E-state index >= 15 is 0 Å². The van der Waals surface area contributed by atoms with Gasteiger partial charge in [-0.2, -0.15) is 17.9 Å². The van der Waals surface area contributed by atoms with Gasteiger partial charge in [0, 0.05) is 0 Å². The molecule has 1 aliphatic carbocycles. The Labute approximate surface area is 224 Å². The third kappa shape index (κ3) is 5.93. The molecule has 1 aliphatic rings. The standard InChI is InChI=1S/C29H28F3NO5S/c1-19(2)26(27(34)35)33-39(36,37)28(38-18-20-12-13-22-10-6-7-11-23(22)16-20)15-14-24(17-25(28)29(30,31)32)21-8-4-3-5-9-21/h3-17,19,25-26,33H,18H2,1-2H3,(H,34,35). The maximum Gasteiger partial charge on any atom is 0.399 e. The fraction of sp³-hybridized carbons (Fsp3) is 0.276. The van der Waals surface area contributed by atoms with E-state index in [-0.39, 0.29) is 5.57 Å². The molecule has 0 bridgehead atoms. The van der Waals surface area contributed by atoms with Crippen molar-refractivity contribution in [2.75, 3.05) is 0 Å². The second-order valence-corrected chi connectivity index (χ2v) is 11.6. The maximum atomic E-state index is 14.7. The van der Waals surface area contributed by atoms with Crippen LogP contribution in [0.4, 0.5) is 13.2 Å². The Balaban J connectivity index is 1.82. The number of carbonyl (C=O) groups is 1. The molecule has 3 aromatic rings. The molecule has 0 spiro atoms. The molecule has 2 N–H and O–H groups in total. The van der Waals surface area contributed by atoms with Crippen LogP contribution in [0.1, 0.15) is 25.0 Å². The minimum atomic E-state index is -5.09. The molecular weight excluding hydrogens is 531 g/mol. The van der Waals surface area contributed by atoms with Crippen LogP contribution < -0.4 is 4.72 Å². The molecule has 3 unspecified atom stereocenters. The predicted molar refractivity (Wildman–Crippen MR) is 143 cm³/mol. The number of aliphatic carboxylic acids is 1. The molecule has 3 aromatic carbocycles. The lowest BCUT2D eigenvalue weighted by Crippen LogP contribution is -2.59. The van der Waals surface area contributed by atoms with Crippen molar-refractivity contribution in [2.24, 2.45) is 11.8 Å². The number of halogens is 3. The van der Waals surface area contributed by atoms with Crippen LogP contribution in [0.15, 0.2) is 91.0 Å². The Morgan fingerprint density at radius 2 is 1.67 bits per heavy atom. The van der Waals surface area contributed by atoms with Gasteiger partial charge in [-0.3, -0.25) is 4.79 Å². The fourth-order valence-electron chi connectivity index (χ4n) is 4.53. The third-order valence-electron chi connectivity index (χ3n) is 6.65. The van der Waals surface area contributed by atoms with Gasteiger partial charge in [0.15, 0.2) is 0 Å². The number of rotatable bonds is 9. The molecule has 6 nitrogen and oxygen atoms in total. The van der Waals surface area contributed by atoms with E-state index in [1.165, 1.54) is 19.9 Å². The zero-order valence-corrected chi connectivity index (χ0v) is 22.0. The fourth-order valence-corrected chi connectivity index (χ4v) is 6.42. The number of hydrogen-bond acceptors (Lipinski definition) is 4. The number of alkyl halides is 3. The van der Waals surface area contributed by atoms with Crippen molar-refractivity contribution < 1.29 is 36.2 Å². The molecule has 0 radical (unpaired) electrons. The number of ether oxygens (including phenoxy) is 1. The summed E-state index contributed by atoms with van der Waals surface area (Å²) in [5, 5.41) is 11.3. The zero-order valence-electron chi connectivity index (χ0n) is 21.2. The van der Waals surface area contributed by atoms with Gasteiger partial charge >= 0.3 is 12.1 Å². The Morgan fingerprint density at radius 1 is 1.03 bits per heavy atom. The number of hydrogen-bond donors (Lipinski definition) is 2. The van der Waals surface area contributed by atoms with E-state index in [1.807, 2.05) is 22.9 Å². The Bertz CT molecular complexity index is 1520. The van der Waals surface area contributed by atoms with Crippen molar-refractivity contribution >= 4 is 32.3 Å². The topological polar surface area (TPSA) is 92.7 Å². The average molecular weight is 560 g/mol. The smallest absolute Gasteiger partial charge is 0.399 e. The summed E-state index contributed by atoms with van der Waals surface area (Å²) in [5.74, 6) is -4.89. The van der Waals surface area contributed by atoms with E-state index in [9.17, 15) is 31.5 Å². The first-order chi connectivity index (χ1) is 18.3. The number of benzene rings is 3. The van der Waals surface area contributed by atoms with Gasteiger partial charge < -0.3 is 9.84 Å². The summed E-state index contributed by atoms with van der Waals surface area (Å²) in [4.78, 5) is 8.83. The highest BCUT2D eigenvalue weighted by atomic mass is 32.2. The number of carboxylic acid groups (broad SMARTS) is 1. The van der Waals surface area contributed by atoms with Crippen molar-refractivity contribution in [3.05, 3.63) is 102 Å². The van der Waals surface area contributed by atoms with Gasteiger partial charge in [0.05, 0.1) is 6.61 Å². The van der Waals surface area contributed by atoms with Crippen molar-refractivity contribution in [3.8, 4) is 0 Å². The molecule has 0 heterocycles.